The molecule has 0 aromatic heterocycles. The quantitative estimate of drug-likeness (QED) is 0.704. The van der Waals surface area contributed by atoms with E-state index in [1.165, 1.54) is 17.5 Å². The summed E-state index contributed by atoms with van der Waals surface area (Å²) < 4.78 is 0. The maximum atomic E-state index is 3.34. The molecule has 1 aromatic rings. The van der Waals surface area contributed by atoms with Crippen molar-refractivity contribution in [1.29, 1.82) is 0 Å². The van der Waals surface area contributed by atoms with Gasteiger partial charge in [-0.3, -0.25) is 0 Å². The number of likely N-dealkylation sites (N-methyl/N-ethyl adjacent to an activating group) is 1. The zero-order valence-corrected chi connectivity index (χ0v) is 10.2. The Bertz CT molecular complexity index is 261. The van der Waals surface area contributed by atoms with Gasteiger partial charge in [0.05, 0.1) is 0 Å². The molecule has 0 bridgehead atoms. The molecular formula is C14H23N. The van der Waals surface area contributed by atoms with Crippen LogP contribution in [0.4, 0.5) is 0 Å². The second-order valence-electron chi connectivity index (χ2n) is 4.52. The van der Waals surface area contributed by atoms with Crippen LogP contribution in [0, 0.1) is 5.92 Å². The van der Waals surface area contributed by atoms with Gasteiger partial charge in [0, 0.05) is 0 Å². The summed E-state index contributed by atoms with van der Waals surface area (Å²) in [6.07, 6.45) is 2.32. The molecule has 0 saturated heterocycles. The van der Waals surface area contributed by atoms with Crippen molar-refractivity contribution in [3.05, 3.63) is 35.4 Å². The first-order valence-corrected chi connectivity index (χ1v) is 6.01. The van der Waals surface area contributed by atoms with Gasteiger partial charge in [-0.1, -0.05) is 45.0 Å². The molecule has 0 heterocycles. The SMILES string of the molecule is CCNCCc1ccc(CC(C)C)cc1. The van der Waals surface area contributed by atoms with Crippen molar-refractivity contribution in [3.8, 4) is 0 Å². The first kappa shape index (κ1) is 12.3. The van der Waals surface area contributed by atoms with Crippen LogP contribution in [0.25, 0.3) is 0 Å². The molecule has 0 fully saturated rings. The van der Waals surface area contributed by atoms with Gasteiger partial charge >= 0.3 is 0 Å². The van der Waals surface area contributed by atoms with E-state index in [2.05, 4.69) is 50.4 Å². The lowest BCUT2D eigenvalue weighted by Crippen LogP contribution is -2.15. The van der Waals surface area contributed by atoms with Gasteiger partial charge in [-0.15, -0.1) is 0 Å². The Balaban J connectivity index is 2.42. The Morgan fingerprint density at radius 2 is 1.67 bits per heavy atom. The topological polar surface area (TPSA) is 12.0 Å². The predicted octanol–water partition coefficient (Wildman–Crippen LogP) is 3.04. The van der Waals surface area contributed by atoms with Crippen LogP contribution in [0.2, 0.25) is 0 Å². The predicted molar refractivity (Wildman–Crippen MR) is 67.2 cm³/mol. The largest absolute Gasteiger partial charge is 0.317 e. The molecule has 1 heteroatoms. The highest BCUT2D eigenvalue weighted by Gasteiger charge is 1.98. The van der Waals surface area contributed by atoms with Crippen LogP contribution in [0.15, 0.2) is 24.3 Å². The lowest BCUT2D eigenvalue weighted by Gasteiger charge is -2.06. The summed E-state index contributed by atoms with van der Waals surface area (Å²) >= 11 is 0. The Kier molecular flexibility index (Phi) is 5.41. The van der Waals surface area contributed by atoms with E-state index in [4.69, 9.17) is 0 Å². The summed E-state index contributed by atoms with van der Waals surface area (Å²) in [6, 6.07) is 9.05. The van der Waals surface area contributed by atoms with Gasteiger partial charge < -0.3 is 5.32 Å². The van der Waals surface area contributed by atoms with Crippen molar-refractivity contribution in [2.24, 2.45) is 5.92 Å². The molecule has 0 spiro atoms. The molecule has 0 aliphatic heterocycles. The minimum atomic E-state index is 0.748. The van der Waals surface area contributed by atoms with E-state index in [1.54, 1.807) is 0 Å². The van der Waals surface area contributed by atoms with Crippen molar-refractivity contribution < 1.29 is 0 Å². The third kappa shape index (κ3) is 4.98. The van der Waals surface area contributed by atoms with E-state index in [9.17, 15) is 0 Å². The van der Waals surface area contributed by atoms with Crippen LogP contribution in [-0.4, -0.2) is 13.1 Å². The van der Waals surface area contributed by atoms with Gasteiger partial charge in [-0.05, 0) is 43.0 Å². The second kappa shape index (κ2) is 6.62. The standard InChI is InChI=1S/C14H23N/c1-4-15-10-9-13-5-7-14(8-6-13)11-12(2)3/h5-8,12,15H,4,9-11H2,1-3H3. The molecule has 0 unspecified atom stereocenters. The maximum Gasteiger partial charge on any atom is -0.000847 e. The Hall–Kier alpha value is -0.820. The molecule has 0 atom stereocenters. The van der Waals surface area contributed by atoms with Crippen LogP contribution in [-0.2, 0) is 12.8 Å². The highest BCUT2D eigenvalue weighted by molar-refractivity contribution is 5.23. The van der Waals surface area contributed by atoms with E-state index >= 15 is 0 Å². The van der Waals surface area contributed by atoms with Crippen molar-refractivity contribution in [3.63, 3.8) is 0 Å². The molecule has 1 aromatic carbocycles. The summed E-state index contributed by atoms with van der Waals surface area (Å²) in [4.78, 5) is 0. The first-order valence-electron chi connectivity index (χ1n) is 6.01. The lowest BCUT2D eigenvalue weighted by atomic mass is 10.0. The highest BCUT2D eigenvalue weighted by Crippen LogP contribution is 2.09. The maximum absolute atomic E-state index is 3.34. The van der Waals surface area contributed by atoms with Crippen LogP contribution < -0.4 is 5.32 Å². The van der Waals surface area contributed by atoms with Gasteiger partial charge in [0.1, 0.15) is 0 Å². The van der Waals surface area contributed by atoms with Gasteiger partial charge in [0.25, 0.3) is 0 Å². The molecule has 0 aliphatic rings. The van der Waals surface area contributed by atoms with Crippen molar-refractivity contribution >= 4 is 0 Å². The molecule has 84 valence electrons. The van der Waals surface area contributed by atoms with Crippen molar-refractivity contribution in [2.75, 3.05) is 13.1 Å². The first-order chi connectivity index (χ1) is 7.22. The van der Waals surface area contributed by atoms with Crippen LogP contribution in [0.5, 0.6) is 0 Å². The number of nitrogens with one attached hydrogen (secondary N) is 1. The molecular weight excluding hydrogens is 182 g/mol. The van der Waals surface area contributed by atoms with Crippen LogP contribution >= 0.6 is 0 Å². The zero-order valence-electron chi connectivity index (χ0n) is 10.2. The minimum absolute atomic E-state index is 0.748. The molecule has 0 aliphatic carbocycles. The van der Waals surface area contributed by atoms with Gasteiger partial charge in [-0.25, -0.2) is 0 Å². The fourth-order valence-corrected chi connectivity index (χ4v) is 1.72. The third-order valence-corrected chi connectivity index (χ3v) is 2.51. The van der Waals surface area contributed by atoms with Gasteiger partial charge in [0.2, 0.25) is 0 Å². The van der Waals surface area contributed by atoms with E-state index in [0.717, 1.165) is 25.4 Å². The van der Waals surface area contributed by atoms with Crippen LogP contribution in [0.1, 0.15) is 31.9 Å². The summed E-state index contributed by atoms with van der Waals surface area (Å²) in [5.41, 5.74) is 2.89. The average molecular weight is 205 g/mol. The number of hydrogen-bond donors (Lipinski definition) is 1. The zero-order chi connectivity index (χ0) is 11.1. The molecule has 1 rings (SSSR count). The van der Waals surface area contributed by atoms with E-state index in [-0.39, 0.29) is 0 Å². The Morgan fingerprint density at radius 1 is 1.07 bits per heavy atom. The minimum Gasteiger partial charge on any atom is -0.317 e. The van der Waals surface area contributed by atoms with Crippen LogP contribution in [0.3, 0.4) is 0 Å². The Morgan fingerprint density at radius 3 is 2.20 bits per heavy atom. The number of rotatable bonds is 6. The van der Waals surface area contributed by atoms with Gasteiger partial charge in [0.15, 0.2) is 0 Å². The number of benzene rings is 1. The highest BCUT2D eigenvalue weighted by atomic mass is 14.8. The van der Waals surface area contributed by atoms with Crippen molar-refractivity contribution in [1.82, 2.24) is 5.32 Å². The number of hydrogen-bond acceptors (Lipinski definition) is 1. The normalized spacial score (nSPS) is 10.9. The smallest absolute Gasteiger partial charge is 0.000847 e. The summed E-state index contributed by atoms with van der Waals surface area (Å²) in [5.74, 6) is 0.748. The fraction of sp³-hybridized carbons (Fsp3) is 0.571. The molecule has 0 saturated carbocycles. The summed E-state index contributed by atoms with van der Waals surface area (Å²) in [6.45, 7) is 8.81. The van der Waals surface area contributed by atoms with Crippen molar-refractivity contribution in [2.45, 2.75) is 33.6 Å². The molecule has 1 N–H and O–H groups in total. The van der Waals surface area contributed by atoms with E-state index < -0.39 is 0 Å². The molecule has 0 radical (unpaired) electrons. The fourth-order valence-electron chi connectivity index (χ4n) is 1.72. The van der Waals surface area contributed by atoms with E-state index in [1.807, 2.05) is 0 Å². The average Bonchev–Trinajstić information content (AvgIpc) is 2.20. The van der Waals surface area contributed by atoms with Gasteiger partial charge in [-0.2, -0.15) is 0 Å². The Labute approximate surface area is 93.9 Å². The van der Waals surface area contributed by atoms with E-state index in [0.29, 0.717) is 0 Å². The summed E-state index contributed by atoms with van der Waals surface area (Å²) in [5, 5.41) is 3.34. The monoisotopic (exact) mass is 205 g/mol. The summed E-state index contributed by atoms with van der Waals surface area (Å²) in [7, 11) is 0. The molecule has 1 nitrogen and oxygen atoms in total. The molecule has 15 heavy (non-hydrogen) atoms. The second-order valence-corrected chi connectivity index (χ2v) is 4.52. The third-order valence-electron chi connectivity index (χ3n) is 2.51. The molecule has 0 amide bonds. The lowest BCUT2D eigenvalue weighted by molar-refractivity contribution is 0.647.